The minimum atomic E-state index is -1.64. The van der Waals surface area contributed by atoms with Crippen LogP contribution in [0.5, 0.6) is 0 Å². The fourth-order valence-electron chi connectivity index (χ4n) is 0.580. The van der Waals surface area contributed by atoms with Gasteiger partial charge in [-0.25, -0.2) is 0 Å². The molecule has 0 aliphatic carbocycles. The van der Waals surface area contributed by atoms with Crippen LogP contribution >= 0.6 is 14.1 Å². The summed E-state index contributed by atoms with van der Waals surface area (Å²) in [4.78, 5) is 0. The molecule has 12 heavy (non-hydrogen) atoms. The van der Waals surface area contributed by atoms with Crippen molar-refractivity contribution in [1.82, 2.24) is 0 Å². The van der Waals surface area contributed by atoms with E-state index in [-0.39, 0.29) is 11.2 Å². The van der Waals surface area contributed by atoms with Crippen molar-refractivity contribution in [3.8, 4) is 0 Å². The average molecular weight is 253 g/mol. The molecule has 0 aliphatic heterocycles. The van der Waals surface area contributed by atoms with E-state index in [0.717, 1.165) is 0 Å². The summed E-state index contributed by atoms with van der Waals surface area (Å²) >= 11 is 1.80. The van der Waals surface area contributed by atoms with Crippen LogP contribution in [0.2, 0.25) is 0 Å². The molecule has 0 saturated carbocycles. The second-order valence-corrected chi connectivity index (χ2v) is 8.00. The van der Waals surface area contributed by atoms with Crippen molar-refractivity contribution >= 4 is 27.0 Å². The number of hydrogen-bond donors (Lipinski definition) is 0. The summed E-state index contributed by atoms with van der Waals surface area (Å²) in [5.41, 5.74) is -0.239. The van der Waals surface area contributed by atoms with Crippen molar-refractivity contribution in [3.63, 3.8) is 0 Å². The molecule has 72 valence electrons. The second-order valence-electron chi connectivity index (χ2n) is 4.73. The van der Waals surface area contributed by atoms with E-state index in [1.807, 2.05) is 41.5 Å². The Hall–Kier alpha value is 0.932. The van der Waals surface area contributed by atoms with E-state index in [2.05, 4.69) is 14.1 Å². The van der Waals surface area contributed by atoms with E-state index in [1.165, 1.54) is 0 Å². The maximum atomic E-state index is 5.65. The third-order valence-corrected chi connectivity index (χ3v) is 3.80. The van der Waals surface area contributed by atoms with Crippen LogP contribution in [0, 0.1) is 0 Å². The standard InChI is InChI=1S/2C4H9O.Al.BrH/c2*1-4(2,3)5;;/h2*1-3H3;;1H/q2*-1;+3;/p-1. The molecule has 0 radical (unpaired) electrons. The zero-order valence-corrected chi connectivity index (χ0v) is 11.5. The van der Waals surface area contributed by atoms with Gasteiger partial charge in [-0.15, -0.1) is 14.1 Å². The number of rotatable bonds is 2. The topological polar surface area (TPSA) is 18.5 Å². The molecule has 0 fully saturated rings. The fourth-order valence-corrected chi connectivity index (χ4v) is 5.10. The molecule has 0 aromatic carbocycles. The molecule has 0 saturated heterocycles. The lowest BCUT2D eigenvalue weighted by molar-refractivity contribution is 0.0471. The maximum absolute atomic E-state index is 5.65. The summed E-state index contributed by atoms with van der Waals surface area (Å²) in [5.74, 6) is 0. The maximum Gasteiger partial charge on any atom is 0.774 e. The van der Waals surface area contributed by atoms with Crippen LogP contribution in [-0.4, -0.2) is 24.2 Å². The summed E-state index contributed by atoms with van der Waals surface area (Å²) < 4.78 is 11.3. The smallest absolute Gasteiger partial charge is 0.465 e. The molecule has 0 atom stereocenters. The van der Waals surface area contributed by atoms with Crippen LogP contribution in [0.3, 0.4) is 0 Å². The van der Waals surface area contributed by atoms with Crippen LogP contribution in [0.1, 0.15) is 41.5 Å². The van der Waals surface area contributed by atoms with Crippen molar-refractivity contribution < 1.29 is 7.58 Å². The molecule has 0 spiro atoms. The van der Waals surface area contributed by atoms with Crippen LogP contribution in [0.25, 0.3) is 0 Å². The number of hydrogen-bond acceptors (Lipinski definition) is 2. The van der Waals surface area contributed by atoms with Gasteiger partial charge in [-0.05, 0) is 41.5 Å². The highest BCUT2D eigenvalue weighted by molar-refractivity contribution is 9.24. The van der Waals surface area contributed by atoms with Crippen molar-refractivity contribution in [1.29, 1.82) is 0 Å². The first-order chi connectivity index (χ1) is 5.10. The quantitative estimate of drug-likeness (QED) is 0.704. The van der Waals surface area contributed by atoms with Crippen molar-refractivity contribution in [3.05, 3.63) is 0 Å². The molecule has 0 aliphatic rings. The molecular formula is C8H18AlBrO2. The second kappa shape index (κ2) is 4.43. The lowest BCUT2D eigenvalue weighted by Gasteiger charge is -2.27. The molecule has 0 bridgehead atoms. The summed E-state index contributed by atoms with van der Waals surface area (Å²) in [6.07, 6.45) is 0. The zero-order chi connectivity index (χ0) is 9.99. The lowest BCUT2D eigenvalue weighted by atomic mass is 10.2. The summed E-state index contributed by atoms with van der Waals surface area (Å²) in [7, 11) is 0. The first-order valence-electron chi connectivity index (χ1n) is 4.10. The molecule has 0 N–H and O–H groups in total. The Labute approximate surface area is 87.3 Å². The third-order valence-electron chi connectivity index (χ3n) is 0.892. The van der Waals surface area contributed by atoms with Crippen LogP contribution < -0.4 is 0 Å². The Balaban J connectivity index is 3.83. The Kier molecular flexibility index (Phi) is 4.78. The minimum Gasteiger partial charge on any atom is -0.465 e. The minimum absolute atomic E-state index is 0.119. The van der Waals surface area contributed by atoms with Crippen LogP contribution in [-0.2, 0) is 7.58 Å². The van der Waals surface area contributed by atoms with Gasteiger partial charge in [-0.2, -0.15) is 0 Å². The van der Waals surface area contributed by atoms with Gasteiger partial charge in [0.15, 0.2) is 0 Å². The SMILES string of the molecule is CC(C)(C)[O][Al]([Br])[O]C(C)(C)C. The highest BCUT2D eigenvalue weighted by Gasteiger charge is 2.32. The van der Waals surface area contributed by atoms with Gasteiger partial charge in [-0.3, -0.25) is 0 Å². The average Bonchev–Trinajstić information content (AvgIpc) is 1.49. The van der Waals surface area contributed by atoms with Gasteiger partial charge in [-0.1, -0.05) is 0 Å². The van der Waals surface area contributed by atoms with Crippen LogP contribution in [0.15, 0.2) is 0 Å². The highest BCUT2D eigenvalue weighted by Crippen LogP contribution is 2.18. The Morgan fingerprint density at radius 2 is 1.08 bits per heavy atom. The Bertz CT molecular complexity index is 121. The van der Waals surface area contributed by atoms with E-state index in [9.17, 15) is 0 Å². The summed E-state index contributed by atoms with van der Waals surface area (Å²) in [5, 5.41) is 0. The first kappa shape index (κ1) is 12.9. The predicted octanol–water partition coefficient (Wildman–Crippen LogP) is 3.00. The zero-order valence-electron chi connectivity index (χ0n) is 8.77. The Morgan fingerprint density at radius 1 is 0.833 bits per heavy atom. The Morgan fingerprint density at radius 3 is 1.25 bits per heavy atom. The normalized spacial score (nSPS) is 13.2. The molecule has 0 heterocycles. The first-order valence-corrected chi connectivity index (χ1v) is 8.22. The lowest BCUT2D eigenvalue weighted by Crippen LogP contribution is -2.34. The van der Waals surface area contributed by atoms with E-state index < -0.39 is 13.0 Å². The molecular weight excluding hydrogens is 235 g/mol. The molecule has 0 amide bonds. The monoisotopic (exact) mass is 252 g/mol. The van der Waals surface area contributed by atoms with Crippen molar-refractivity contribution in [2.75, 3.05) is 0 Å². The molecule has 0 aromatic rings. The van der Waals surface area contributed by atoms with Gasteiger partial charge in [0.25, 0.3) is 0 Å². The van der Waals surface area contributed by atoms with E-state index in [1.54, 1.807) is 0 Å². The molecule has 0 rings (SSSR count). The van der Waals surface area contributed by atoms with Crippen molar-refractivity contribution in [2.24, 2.45) is 0 Å². The molecule has 0 aromatic heterocycles. The van der Waals surface area contributed by atoms with Gasteiger partial charge < -0.3 is 7.58 Å². The van der Waals surface area contributed by atoms with E-state index in [0.29, 0.717) is 0 Å². The van der Waals surface area contributed by atoms with Gasteiger partial charge in [0.05, 0.1) is 0 Å². The van der Waals surface area contributed by atoms with Gasteiger partial charge in [0, 0.05) is 11.2 Å². The molecule has 4 heteroatoms. The molecule has 0 unspecified atom stereocenters. The van der Waals surface area contributed by atoms with Crippen LogP contribution in [0.4, 0.5) is 0 Å². The number of halogens is 1. The highest BCUT2D eigenvalue weighted by atomic mass is 79.9. The summed E-state index contributed by atoms with van der Waals surface area (Å²) in [6.45, 7) is 12.2. The van der Waals surface area contributed by atoms with E-state index in [4.69, 9.17) is 7.58 Å². The van der Waals surface area contributed by atoms with E-state index >= 15 is 0 Å². The fraction of sp³-hybridized carbons (Fsp3) is 1.00. The van der Waals surface area contributed by atoms with Gasteiger partial charge >= 0.3 is 13.0 Å². The largest absolute Gasteiger partial charge is 0.774 e. The van der Waals surface area contributed by atoms with Gasteiger partial charge in [0.1, 0.15) is 0 Å². The van der Waals surface area contributed by atoms with Gasteiger partial charge in [0.2, 0.25) is 0 Å². The van der Waals surface area contributed by atoms with Crippen molar-refractivity contribution in [2.45, 2.75) is 52.7 Å². The summed E-state index contributed by atoms with van der Waals surface area (Å²) in [6, 6.07) is 0. The predicted molar refractivity (Wildman–Crippen MR) is 56.4 cm³/mol. The molecule has 2 nitrogen and oxygen atoms in total. The third kappa shape index (κ3) is 9.02.